The van der Waals surface area contributed by atoms with Crippen molar-refractivity contribution in [3.63, 3.8) is 0 Å². The third-order valence-electron chi connectivity index (χ3n) is 4.02. The first-order chi connectivity index (χ1) is 10.6. The first kappa shape index (κ1) is 14.4. The van der Waals surface area contributed by atoms with Gasteiger partial charge in [-0.05, 0) is 24.6 Å². The minimum absolute atomic E-state index is 0.333. The first-order valence-corrected chi connectivity index (χ1v) is 7.13. The van der Waals surface area contributed by atoms with E-state index in [2.05, 4.69) is 4.98 Å². The van der Waals surface area contributed by atoms with Crippen LogP contribution in [-0.2, 0) is 17.8 Å². The number of rotatable bonds is 4. The summed E-state index contributed by atoms with van der Waals surface area (Å²) in [7, 11) is 3.19. The summed E-state index contributed by atoms with van der Waals surface area (Å²) < 4.78 is 12.5. The largest absolute Gasteiger partial charge is 0.493 e. The summed E-state index contributed by atoms with van der Waals surface area (Å²) in [4.78, 5) is 15.8. The van der Waals surface area contributed by atoms with E-state index in [-0.39, 0.29) is 5.92 Å². The second-order valence-electron chi connectivity index (χ2n) is 5.34. The van der Waals surface area contributed by atoms with Crippen molar-refractivity contribution in [2.75, 3.05) is 14.2 Å². The monoisotopic (exact) mass is 302 g/mol. The van der Waals surface area contributed by atoms with Crippen molar-refractivity contribution in [3.05, 3.63) is 30.2 Å². The Bertz CT molecular complexity index is 708. The molecule has 1 aromatic heterocycles. The first-order valence-electron chi connectivity index (χ1n) is 7.13. The van der Waals surface area contributed by atoms with E-state index in [0.29, 0.717) is 30.9 Å². The van der Waals surface area contributed by atoms with Gasteiger partial charge in [-0.2, -0.15) is 0 Å². The maximum Gasteiger partial charge on any atom is 0.308 e. The van der Waals surface area contributed by atoms with Crippen LogP contribution in [0.2, 0.25) is 0 Å². The summed E-state index contributed by atoms with van der Waals surface area (Å²) in [5.41, 5.74) is 1.74. The van der Waals surface area contributed by atoms with Gasteiger partial charge in [0.1, 0.15) is 5.82 Å². The van der Waals surface area contributed by atoms with Crippen molar-refractivity contribution < 1.29 is 19.4 Å². The standard InChI is InChI=1S/C16H18N2O4/c1-21-13-5-3-10(7-14(13)22-2)12-9-18-8-11(16(19)20)4-6-15(18)17-12/h3,5,7,9,11H,4,6,8H2,1-2H3,(H,19,20). The smallest absolute Gasteiger partial charge is 0.308 e. The molecule has 116 valence electrons. The van der Waals surface area contributed by atoms with Crippen molar-refractivity contribution in [2.24, 2.45) is 5.92 Å². The molecule has 6 heteroatoms. The zero-order valence-corrected chi connectivity index (χ0v) is 12.6. The summed E-state index contributed by atoms with van der Waals surface area (Å²) in [5.74, 6) is 1.17. The van der Waals surface area contributed by atoms with Gasteiger partial charge in [-0.25, -0.2) is 4.98 Å². The molecule has 1 aliphatic rings. The summed E-state index contributed by atoms with van der Waals surface area (Å²) in [5, 5.41) is 9.15. The Morgan fingerprint density at radius 1 is 1.32 bits per heavy atom. The molecule has 1 atom stereocenters. The number of imidazole rings is 1. The van der Waals surface area contributed by atoms with Crippen LogP contribution in [0.5, 0.6) is 11.5 Å². The number of carboxylic acids is 1. The number of carbonyl (C=O) groups is 1. The number of hydrogen-bond donors (Lipinski definition) is 1. The fourth-order valence-corrected chi connectivity index (χ4v) is 2.78. The van der Waals surface area contributed by atoms with E-state index >= 15 is 0 Å². The van der Waals surface area contributed by atoms with Crippen molar-refractivity contribution in [1.82, 2.24) is 9.55 Å². The summed E-state index contributed by atoms with van der Waals surface area (Å²) in [6.07, 6.45) is 3.23. The van der Waals surface area contributed by atoms with Crippen LogP contribution in [0.1, 0.15) is 12.2 Å². The van der Waals surface area contributed by atoms with E-state index in [0.717, 1.165) is 17.1 Å². The predicted octanol–water partition coefficient (Wildman–Crippen LogP) is 2.21. The van der Waals surface area contributed by atoms with Crippen LogP contribution in [0.3, 0.4) is 0 Å². The highest BCUT2D eigenvalue weighted by Gasteiger charge is 2.25. The number of aromatic nitrogens is 2. The van der Waals surface area contributed by atoms with Crippen molar-refractivity contribution >= 4 is 5.97 Å². The molecule has 0 spiro atoms. The molecule has 0 saturated heterocycles. The van der Waals surface area contributed by atoms with Crippen LogP contribution in [0, 0.1) is 5.92 Å². The quantitative estimate of drug-likeness (QED) is 0.937. The Hall–Kier alpha value is -2.50. The topological polar surface area (TPSA) is 73.6 Å². The SMILES string of the molecule is COc1ccc(-c2cn3c(n2)CCC(C(=O)O)C3)cc1OC. The van der Waals surface area contributed by atoms with Gasteiger partial charge in [-0.1, -0.05) is 0 Å². The number of nitrogens with zero attached hydrogens (tertiary/aromatic N) is 2. The third-order valence-corrected chi connectivity index (χ3v) is 4.02. The number of fused-ring (bicyclic) bond motifs is 1. The molecular weight excluding hydrogens is 284 g/mol. The number of aliphatic carboxylic acids is 1. The van der Waals surface area contributed by atoms with Crippen LogP contribution < -0.4 is 9.47 Å². The van der Waals surface area contributed by atoms with Gasteiger partial charge in [0.2, 0.25) is 0 Å². The van der Waals surface area contributed by atoms with E-state index in [9.17, 15) is 4.79 Å². The van der Waals surface area contributed by atoms with E-state index < -0.39 is 5.97 Å². The molecule has 0 radical (unpaired) electrons. The molecule has 0 aliphatic carbocycles. The van der Waals surface area contributed by atoms with Crippen molar-refractivity contribution in [1.29, 1.82) is 0 Å². The Balaban J connectivity index is 1.93. The molecule has 1 unspecified atom stereocenters. The molecule has 3 rings (SSSR count). The summed E-state index contributed by atoms with van der Waals surface area (Å²) >= 11 is 0. The van der Waals surface area contributed by atoms with Crippen LogP contribution >= 0.6 is 0 Å². The van der Waals surface area contributed by atoms with E-state index in [1.165, 1.54) is 0 Å². The molecule has 1 aromatic carbocycles. The van der Waals surface area contributed by atoms with Gasteiger partial charge in [0.25, 0.3) is 0 Å². The second-order valence-corrected chi connectivity index (χ2v) is 5.34. The van der Waals surface area contributed by atoms with Crippen LogP contribution in [0.25, 0.3) is 11.3 Å². The van der Waals surface area contributed by atoms with Gasteiger partial charge in [0.15, 0.2) is 11.5 Å². The molecule has 1 aliphatic heterocycles. The summed E-state index contributed by atoms with van der Waals surface area (Å²) in [6, 6.07) is 5.64. The number of carboxylic acid groups (broad SMARTS) is 1. The lowest BCUT2D eigenvalue weighted by Crippen LogP contribution is -2.26. The Kier molecular flexibility index (Phi) is 3.75. The lowest BCUT2D eigenvalue weighted by molar-refractivity contribution is -0.142. The van der Waals surface area contributed by atoms with Gasteiger partial charge < -0.3 is 19.1 Å². The molecule has 0 bridgehead atoms. The molecule has 2 heterocycles. The maximum absolute atomic E-state index is 11.1. The van der Waals surface area contributed by atoms with Gasteiger partial charge in [-0.3, -0.25) is 4.79 Å². The molecule has 6 nitrogen and oxygen atoms in total. The zero-order chi connectivity index (χ0) is 15.7. The van der Waals surface area contributed by atoms with Crippen molar-refractivity contribution in [3.8, 4) is 22.8 Å². The maximum atomic E-state index is 11.1. The lowest BCUT2D eigenvalue weighted by Gasteiger charge is -2.19. The highest BCUT2D eigenvalue weighted by molar-refractivity contribution is 5.70. The average molecular weight is 302 g/mol. The molecule has 0 fully saturated rings. The van der Waals surface area contributed by atoms with Crippen LogP contribution in [-0.4, -0.2) is 34.8 Å². The fraction of sp³-hybridized carbons (Fsp3) is 0.375. The Labute approximate surface area is 128 Å². The number of ether oxygens (including phenoxy) is 2. The molecular formula is C16H18N2O4. The Morgan fingerprint density at radius 2 is 2.09 bits per heavy atom. The number of benzene rings is 1. The molecule has 2 aromatic rings. The lowest BCUT2D eigenvalue weighted by atomic mass is 10.00. The normalized spacial score (nSPS) is 16.9. The van der Waals surface area contributed by atoms with Crippen LogP contribution in [0.15, 0.2) is 24.4 Å². The average Bonchev–Trinajstić information content (AvgIpc) is 2.97. The highest BCUT2D eigenvalue weighted by Crippen LogP contribution is 2.32. The molecule has 0 amide bonds. The number of hydrogen-bond acceptors (Lipinski definition) is 4. The summed E-state index contributed by atoms with van der Waals surface area (Å²) in [6.45, 7) is 0.477. The van der Waals surface area contributed by atoms with E-state index in [1.54, 1.807) is 14.2 Å². The molecule has 1 N–H and O–H groups in total. The third kappa shape index (κ3) is 2.52. The minimum Gasteiger partial charge on any atom is -0.493 e. The highest BCUT2D eigenvalue weighted by atomic mass is 16.5. The number of methoxy groups -OCH3 is 2. The number of aryl methyl sites for hydroxylation is 1. The van der Waals surface area contributed by atoms with E-state index in [1.807, 2.05) is 29.0 Å². The van der Waals surface area contributed by atoms with Gasteiger partial charge in [0, 0.05) is 24.7 Å². The molecule has 0 saturated carbocycles. The predicted molar refractivity (Wildman–Crippen MR) is 80.2 cm³/mol. The van der Waals surface area contributed by atoms with Gasteiger partial charge in [-0.15, -0.1) is 0 Å². The second kappa shape index (κ2) is 5.71. The molecule has 22 heavy (non-hydrogen) atoms. The van der Waals surface area contributed by atoms with Gasteiger partial charge >= 0.3 is 5.97 Å². The fourth-order valence-electron chi connectivity index (χ4n) is 2.78. The van der Waals surface area contributed by atoms with E-state index in [4.69, 9.17) is 14.6 Å². The minimum atomic E-state index is -0.744. The Morgan fingerprint density at radius 3 is 2.77 bits per heavy atom. The van der Waals surface area contributed by atoms with Crippen molar-refractivity contribution in [2.45, 2.75) is 19.4 Å². The van der Waals surface area contributed by atoms with Crippen LogP contribution in [0.4, 0.5) is 0 Å². The zero-order valence-electron chi connectivity index (χ0n) is 12.6. The van der Waals surface area contributed by atoms with Gasteiger partial charge in [0.05, 0.1) is 25.8 Å².